The van der Waals surface area contributed by atoms with Gasteiger partial charge in [0.15, 0.2) is 0 Å². The highest BCUT2D eigenvalue weighted by Crippen LogP contribution is 2.15. The topological polar surface area (TPSA) is 80.9 Å². The van der Waals surface area contributed by atoms with Crippen LogP contribution >= 0.6 is 0 Å². The Bertz CT molecular complexity index is 404. The average molecular weight is 236 g/mol. The number of hydrogen-bond acceptors (Lipinski definition) is 4. The van der Waals surface area contributed by atoms with Crippen molar-refractivity contribution in [2.45, 2.75) is 39.5 Å². The van der Waals surface area contributed by atoms with Crippen LogP contribution in [0.1, 0.15) is 47.9 Å². The van der Waals surface area contributed by atoms with Crippen LogP contribution in [0.4, 0.5) is 5.95 Å². The maximum Gasteiger partial charge on any atom is 0.254 e. The normalized spacial score (nSPS) is 10.3. The fraction of sp³-hybridized carbons (Fsp3) is 0.583. The van der Waals surface area contributed by atoms with E-state index in [1.54, 1.807) is 14.0 Å². The third kappa shape index (κ3) is 3.41. The van der Waals surface area contributed by atoms with Gasteiger partial charge in [-0.3, -0.25) is 4.79 Å². The number of anilines is 1. The number of aryl methyl sites for hydroxylation is 2. The van der Waals surface area contributed by atoms with Gasteiger partial charge in [-0.1, -0.05) is 19.8 Å². The summed E-state index contributed by atoms with van der Waals surface area (Å²) in [5.74, 6) is 0.0932. The fourth-order valence-electron chi connectivity index (χ4n) is 1.80. The lowest BCUT2D eigenvalue weighted by atomic mass is 10.1. The van der Waals surface area contributed by atoms with Crippen molar-refractivity contribution in [2.24, 2.45) is 0 Å². The molecule has 0 saturated carbocycles. The Labute approximate surface area is 102 Å². The molecule has 0 unspecified atom stereocenters. The Morgan fingerprint density at radius 3 is 2.65 bits per heavy atom. The molecule has 5 nitrogen and oxygen atoms in total. The Morgan fingerprint density at radius 2 is 2.06 bits per heavy atom. The average Bonchev–Trinajstić information content (AvgIpc) is 2.28. The number of nitrogens with two attached hydrogens (primary N) is 1. The summed E-state index contributed by atoms with van der Waals surface area (Å²) in [7, 11) is 1.61. The second-order valence-corrected chi connectivity index (χ2v) is 4.03. The number of carbonyl (C=O) groups is 1. The van der Waals surface area contributed by atoms with E-state index in [0.717, 1.165) is 31.4 Å². The highest BCUT2D eigenvalue weighted by Gasteiger charge is 2.16. The molecule has 0 aliphatic heterocycles. The third-order valence-corrected chi connectivity index (χ3v) is 2.65. The molecule has 1 aromatic rings. The number of aromatic nitrogens is 2. The van der Waals surface area contributed by atoms with Crippen molar-refractivity contribution in [3.8, 4) is 0 Å². The zero-order chi connectivity index (χ0) is 12.8. The highest BCUT2D eigenvalue weighted by atomic mass is 16.1. The van der Waals surface area contributed by atoms with Crippen molar-refractivity contribution in [2.75, 3.05) is 12.8 Å². The monoisotopic (exact) mass is 236 g/mol. The van der Waals surface area contributed by atoms with Gasteiger partial charge in [0.25, 0.3) is 5.91 Å². The number of amides is 1. The van der Waals surface area contributed by atoms with Crippen molar-refractivity contribution in [3.05, 3.63) is 17.0 Å². The molecule has 1 aromatic heterocycles. The maximum absolute atomic E-state index is 11.8. The van der Waals surface area contributed by atoms with Gasteiger partial charge in [0, 0.05) is 7.05 Å². The zero-order valence-electron chi connectivity index (χ0n) is 10.7. The van der Waals surface area contributed by atoms with Gasteiger partial charge in [0.2, 0.25) is 5.95 Å². The number of rotatable bonds is 5. The van der Waals surface area contributed by atoms with Crippen LogP contribution in [0.25, 0.3) is 0 Å². The number of carbonyl (C=O) groups excluding carboxylic acids is 1. The first-order chi connectivity index (χ1) is 8.10. The second-order valence-electron chi connectivity index (χ2n) is 4.03. The molecule has 0 atom stereocenters. The van der Waals surface area contributed by atoms with E-state index in [1.165, 1.54) is 0 Å². The third-order valence-electron chi connectivity index (χ3n) is 2.65. The molecular formula is C12H20N4O. The molecule has 5 heteroatoms. The van der Waals surface area contributed by atoms with Crippen molar-refractivity contribution >= 4 is 11.9 Å². The van der Waals surface area contributed by atoms with Crippen LogP contribution in [0, 0.1) is 6.92 Å². The first-order valence-electron chi connectivity index (χ1n) is 5.95. The minimum Gasteiger partial charge on any atom is -0.368 e. The van der Waals surface area contributed by atoms with Gasteiger partial charge in [-0.2, -0.15) is 0 Å². The fourth-order valence-corrected chi connectivity index (χ4v) is 1.80. The molecule has 0 aliphatic rings. The first-order valence-corrected chi connectivity index (χ1v) is 5.95. The number of nitrogen functional groups attached to an aromatic ring is 1. The summed E-state index contributed by atoms with van der Waals surface area (Å²) in [5, 5.41) is 2.61. The molecular weight excluding hydrogens is 216 g/mol. The molecule has 0 fully saturated rings. The van der Waals surface area contributed by atoms with Crippen LogP contribution in [-0.4, -0.2) is 22.9 Å². The van der Waals surface area contributed by atoms with Crippen LogP contribution in [0.15, 0.2) is 0 Å². The first kappa shape index (κ1) is 13.4. The predicted octanol–water partition coefficient (Wildman–Crippen LogP) is 1.46. The van der Waals surface area contributed by atoms with Crippen LogP contribution in [0.3, 0.4) is 0 Å². The predicted molar refractivity (Wildman–Crippen MR) is 67.8 cm³/mol. The lowest BCUT2D eigenvalue weighted by Crippen LogP contribution is -2.23. The van der Waals surface area contributed by atoms with E-state index in [0.29, 0.717) is 11.3 Å². The second kappa shape index (κ2) is 6.18. The van der Waals surface area contributed by atoms with Gasteiger partial charge in [-0.25, -0.2) is 9.97 Å². The zero-order valence-corrected chi connectivity index (χ0v) is 10.7. The van der Waals surface area contributed by atoms with Gasteiger partial charge in [-0.15, -0.1) is 0 Å². The van der Waals surface area contributed by atoms with E-state index in [2.05, 4.69) is 22.2 Å². The van der Waals surface area contributed by atoms with Gasteiger partial charge >= 0.3 is 0 Å². The standard InChI is InChI=1S/C12H20N4O/c1-4-5-6-7-9-10(11(17)14-3)8(2)15-12(13)16-9/h4-7H2,1-3H3,(H,14,17)(H2,13,15,16). The number of nitrogens with one attached hydrogen (secondary N) is 1. The van der Waals surface area contributed by atoms with Crippen LogP contribution in [0.2, 0.25) is 0 Å². The highest BCUT2D eigenvalue weighted by molar-refractivity contribution is 5.96. The van der Waals surface area contributed by atoms with Crippen molar-refractivity contribution in [1.82, 2.24) is 15.3 Å². The van der Waals surface area contributed by atoms with Crippen LogP contribution in [0.5, 0.6) is 0 Å². The van der Waals surface area contributed by atoms with E-state index in [9.17, 15) is 4.79 Å². The lowest BCUT2D eigenvalue weighted by Gasteiger charge is -2.10. The molecule has 0 saturated heterocycles. The number of unbranched alkanes of at least 4 members (excludes halogenated alkanes) is 2. The summed E-state index contributed by atoms with van der Waals surface area (Å²) >= 11 is 0. The summed E-state index contributed by atoms with van der Waals surface area (Å²) in [5.41, 5.74) is 7.58. The van der Waals surface area contributed by atoms with Gasteiger partial charge < -0.3 is 11.1 Å². The summed E-state index contributed by atoms with van der Waals surface area (Å²) in [6, 6.07) is 0. The van der Waals surface area contributed by atoms with E-state index < -0.39 is 0 Å². The molecule has 0 aliphatic carbocycles. The molecule has 1 amide bonds. The van der Waals surface area contributed by atoms with Gasteiger partial charge in [-0.05, 0) is 19.8 Å². The summed E-state index contributed by atoms with van der Waals surface area (Å²) in [4.78, 5) is 20.0. The van der Waals surface area contributed by atoms with E-state index in [1.807, 2.05) is 0 Å². The summed E-state index contributed by atoms with van der Waals surface area (Å²) in [6.45, 7) is 3.92. The number of hydrogen-bond donors (Lipinski definition) is 2. The number of nitrogens with zero attached hydrogens (tertiary/aromatic N) is 2. The van der Waals surface area contributed by atoms with Gasteiger partial charge in [0.1, 0.15) is 0 Å². The molecule has 0 spiro atoms. The molecule has 1 heterocycles. The largest absolute Gasteiger partial charge is 0.368 e. The van der Waals surface area contributed by atoms with E-state index in [-0.39, 0.29) is 11.9 Å². The Morgan fingerprint density at radius 1 is 1.35 bits per heavy atom. The lowest BCUT2D eigenvalue weighted by molar-refractivity contribution is 0.0960. The smallest absolute Gasteiger partial charge is 0.254 e. The van der Waals surface area contributed by atoms with E-state index >= 15 is 0 Å². The summed E-state index contributed by atoms with van der Waals surface area (Å²) < 4.78 is 0. The Kier molecular flexibility index (Phi) is 4.87. The molecule has 94 valence electrons. The van der Waals surface area contributed by atoms with Crippen molar-refractivity contribution < 1.29 is 4.79 Å². The van der Waals surface area contributed by atoms with Crippen LogP contribution < -0.4 is 11.1 Å². The minimum absolute atomic E-state index is 0.144. The minimum atomic E-state index is -0.144. The van der Waals surface area contributed by atoms with Gasteiger partial charge in [0.05, 0.1) is 17.0 Å². The quantitative estimate of drug-likeness (QED) is 0.758. The molecule has 0 radical (unpaired) electrons. The molecule has 3 N–H and O–H groups in total. The van der Waals surface area contributed by atoms with Crippen molar-refractivity contribution in [3.63, 3.8) is 0 Å². The maximum atomic E-state index is 11.8. The van der Waals surface area contributed by atoms with Crippen LogP contribution in [-0.2, 0) is 6.42 Å². The molecule has 17 heavy (non-hydrogen) atoms. The van der Waals surface area contributed by atoms with E-state index in [4.69, 9.17) is 5.73 Å². The molecule has 0 bridgehead atoms. The molecule has 0 aromatic carbocycles. The summed E-state index contributed by atoms with van der Waals surface area (Å²) in [6.07, 6.45) is 4.03. The van der Waals surface area contributed by atoms with Crippen molar-refractivity contribution in [1.29, 1.82) is 0 Å². The Balaban J connectivity index is 3.02. The Hall–Kier alpha value is -1.65. The molecule has 1 rings (SSSR count). The SMILES string of the molecule is CCCCCc1nc(N)nc(C)c1C(=O)NC.